The largest absolute Gasteiger partial charge is 0.507 e. The Balaban J connectivity index is 1.69. The van der Waals surface area contributed by atoms with Gasteiger partial charge in [-0.3, -0.25) is 9.48 Å². The number of cyclic esters (lactones) is 1. The number of rotatable bonds is 8. The van der Waals surface area contributed by atoms with Gasteiger partial charge < -0.3 is 19.9 Å². The summed E-state index contributed by atoms with van der Waals surface area (Å²) >= 11 is 0. The number of amides is 1. The molecule has 0 atom stereocenters. The van der Waals surface area contributed by atoms with Crippen LogP contribution in [0.2, 0.25) is 0 Å². The number of esters is 1. The molecule has 1 amide bonds. The predicted octanol–water partition coefficient (Wildman–Crippen LogP) is 4.68. The van der Waals surface area contributed by atoms with Gasteiger partial charge in [0.15, 0.2) is 0 Å². The van der Waals surface area contributed by atoms with Crippen molar-refractivity contribution in [2.75, 3.05) is 12.4 Å². The molecule has 8 heteroatoms. The first-order chi connectivity index (χ1) is 15.6. The summed E-state index contributed by atoms with van der Waals surface area (Å²) in [6.07, 6.45) is 3.22. The molecule has 1 aromatic carbocycles. The van der Waals surface area contributed by atoms with Crippen molar-refractivity contribution in [3.63, 3.8) is 0 Å². The number of hydrogen-bond donors (Lipinski definition) is 2. The first kappa shape index (κ1) is 24.4. The number of anilines is 1. The number of hydrogen-bond acceptors (Lipinski definition) is 6. The average molecular weight is 456 g/mol. The number of methoxy groups -OCH3 is 1. The third-order valence-corrected chi connectivity index (χ3v) is 6.13. The van der Waals surface area contributed by atoms with E-state index >= 15 is 0 Å². The van der Waals surface area contributed by atoms with Gasteiger partial charge in [-0.15, -0.1) is 0 Å². The number of nitrogens with one attached hydrogen (secondary N) is 1. The molecule has 0 fully saturated rings. The summed E-state index contributed by atoms with van der Waals surface area (Å²) in [4.78, 5) is 24.6. The molecule has 2 heterocycles. The van der Waals surface area contributed by atoms with Crippen LogP contribution in [0.3, 0.4) is 0 Å². The highest BCUT2D eigenvalue weighted by Crippen LogP contribution is 2.42. The molecule has 178 valence electrons. The van der Waals surface area contributed by atoms with E-state index in [1.54, 1.807) is 7.11 Å². The van der Waals surface area contributed by atoms with Crippen LogP contribution in [0.25, 0.3) is 0 Å². The van der Waals surface area contributed by atoms with E-state index in [0.717, 1.165) is 28.2 Å². The Morgan fingerprint density at radius 3 is 2.61 bits per heavy atom. The monoisotopic (exact) mass is 455 g/mol. The van der Waals surface area contributed by atoms with Gasteiger partial charge in [0.2, 0.25) is 5.91 Å². The van der Waals surface area contributed by atoms with E-state index in [4.69, 9.17) is 9.47 Å². The molecule has 2 aromatic rings. The molecule has 0 spiro atoms. The number of aryl methyl sites for hydroxylation is 1. The molecule has 2 N–H and O–H groups in total. The van der Waals surface area contributed by atoms with Gasteiger partial charge in [-0.2, -0.15) is 5.10 Å². The van der Waals surface area contributed by atoms with E-state index in [-0.39, 0.29) is 29.9 Å². The van der Waals surface area contributed by atoms with Crippen molar-refractivity contribution in [2.45, 2.75) is 73.5 Å². The Morgan fingerprint density at radius 1 is 1.30 bits per heavy atom. The van der Waals surface area contributed by atoms with Gasteiger partial charge in [-0.25, -0.2) is 4.79 Å². The molecule has 1 aliphatic rings. The molecule has 8 nitrogen and oxygen atoms in total. The second-order valence-corrected chi connectivity index (χ2v) is 8.80. The van der Waals surface area contributed by atoms with Gasteiger partial charge in [0.1, 0.15) is 23.7 Å². The Kier molecular flexibility index (Phi) is 7.15. The second kappa shape index (κ2) is 9.68. The average Bonchev–Trinajstić information content (AvgIpc) is 3.29. The molecule has 0 saturated carbocycles. The van der Waals surface area contributed by atoms with Crippen molar-refractivity contribution in [1.82, 2.24) is 9.78 Å². The normalized spacial score (nSPS) is 13.3. The molecule has 1 aromatic heterocycles. The Bertz CT molecular complexity index is 1130. The van der Waals surface area contributed by atoms with E-state index in [9.17, 15) is 14.7 Å². The minimum atomic E-state index is -0.516. The number of phenolic OH excluding ortho intramolecular Hbond substituents is 1. The molecule has 3 rings (SSSR count). The van der Waals surface area contributed by atoms with Gasteiger partial charge in [0.05, 0.1) is 24.2 Å². The van der Waals surface area contributed by atoms with Gasteiger partial charge in [0, 0.05) is 23.6 Å². The smallest absolute Gasteiger partial charge is 0.342 e. The molecule has 0 aliphatic carbocycles. The van der Waals surface area contributed by atoms with Crippen LogP contribution in [-0.4, -0.2) is 33.9 Å². The molecule has 1 aliphatic heterocycles. The van der Waals surface area contributed by atoms with Crippen LogP contribution < -0.4 is 10.1 Å². The topological polar surface area (TPSA) is 103 Å². The number of benzene rings is 1. The third kappa shape index (κ3) is 4.74. The lowest BCUT2D eigenvalue weighted by atomic mass is 9.94. The number of carbonyl (C=O) groups excluding carboxylic acids is 2. The number of aromatic hydroxyl groups is 1. The van der Waals surface area contributed by atoms with E-state index in [1.807, 2.05) is 38.5 Å². The lowest BCUT2D eigenvalue weighted by molar-refractivity contribution is -0.116. The Hall–Kier alpha value is -3.29. The van der Waals surface area contributed by atoms with Crippen LogP contribution in [0.4, 0.5) is 5.69 Å². The fraction of sp³-hybridized carbons (Fsp3) is 0.480. The van der Waals surface area contributed by atoms with Crippen LogP contribution in [0, 0.1) is 20.8 Å². The maximum Gasteiger partial charge on any atom is 0.342 e. The van der Waals surface area contributed by atoms with Crippen LogP contribution in [0.15, 0.2) is 11.6 Å². The van der Waals surface area contributed by atoms with E-state index in [0.29, 0.717) is 36.1 Å². The van der Waals surface area contributed by atoms with Crippen molar-refractivity contribution < 1.29 is 24.2 Å². The summed E-state index contributed by atoms with van der Waals surface area (Å²) < 4.78 is 12.5. The molecule has 0 radical (unpaired) electrons. The zero-order valence-electron chi connectivity index (χ0n) is 20.5. The van der Waals surface area contributed by atoms with Gasteiger partial charge in [-0.05, 0) is 59.9 Å². The van der Waals surface area contributed by atoms with Crippen LogP contribution >= 0.6 is 0 Å². The first-order valence-electron chi connectivity index (χ1n) is 11.2. The van der Waals surface area contributed by atoms with Crippen molar-refractivity contribution in [3.8, 4) is 11.5 Å². The van der Waals surface area contributed by atoms with Crippen molar-refractivity contribution >= 4 is 17.6 Å². The molecular weight excluding hydrogens is 422 g/mol. The lowest BCUT2D eigenvalue weighted by Gasteiger charge is -2.15. The summed E-state index contributed by atoms with van der Waals surface area (Å²) in [6, 6.07) is 0.220. The molecule has 0 unspecified atom stereocenters. The van der Waals surface area contributed by atoms with Crippen molar-refractivity contribution in [2.24, 2.45) is 0 Å². The third-order valence-electron chi connectivity index (χ3n) is 6.13. The fourth-order valence-electron chi connectivity index (χ4n) is 4.27. The zero-order valence-corrected chi connectivity index (χ0v) is 20.5. The van der Waals surface area contributed by atoms with E-state index < -0.39 is 5.97 Å². The van der Waals surface area contributed by atoms with Crippen LogP contribution in [-0.2, 0) is 22.6 Å². The van der Waals surface area contributed by atoms with Crippen molar-refractivity contribution in [3.05, 3.63) is 45.3 Å². The molecule has 0 bridgehead atoms. The summed E-state index contributed by atoms with van der Waals surface area (Å²) in [5.41, 5.74) is 5.74. The number of aromatic nitrogens is 2. The predicted molar refractivity (Wildman–Crippen MR) is 126 cm³/mol. The molecule has 0 saturated heterocycles. The first-order valence-corrected chi connectivity index (χ1v) is 11.2. The fourth-order valence-corrected chi connectivity index (χ4v) is 4.27. The number of ether oxygens (including phenoxy) is 2. The molecular formula is C25H33N3O5. The summed E-state index contributed by atoms with van der Waals surface area (Å²) in [5, 5.41) is 18.2. The number of nitrogens with zero attached hydrogens (tertiary/aromatic N) is 2. The minimum absolute atomic E-state index is 0.0752. The number of phenols is 1. The number of fused-ring (bicyclic) bond motifs is 1. The van der Waals surface area contributed by atoms with Crippen molar-refractivity contribution in [1.29, 1.82) is 0 Å². The standard InChI is InChI=1S/C25H33N3O5/c1-13(2)28-17(6)22(16(5)27-28)26-20(29)11-9-14(3)8-10-18-23(30)21-19(12-33-25(21)31)15(4)24(18)32-7/h8,13,30H,9-12H2,1-7H3,(H,26,29)/b14-8+. The maximum atomic E-state index is 12.6. The Labute approximate surface area is 194 Å². The number of allylic oxidation sites excluding steroid dienone is 2. The summed E-state index contributed by atoms with van der Waals surface area (Å²) in [7, 11) is 1.54. The van der Waals surface area contributed by atoms with Crippen LogP contribution in [0.1, 0.15) is 78.1 Å². The van der Waals surface area contributed by atoms with E-state index in [1.165, 1.54) is 0 Å². The second-order valence-electron chi connectivity index (χ2n) is 8.80. The van der Waals surface area contributed by atoms with Gasteiger partial charge in [-0.1, -0.05) is 11.6 Å². The Morgan fingerprint density at radius 2 is 2.00 bits per heavy atom. The van der Waals surface area contributed by atoms with Gasteiger partial charge >= 0.3 is 5.97 Å². The number of carbonyl (C=O) groups is 2. The maximum absolute atomic E-state index is 12.6. The van der Waals surface area contributed by atoms with Gasteiger partial charge in [0.25, 0.3) is 0 Å². The SMILES string of the molecule is COc1c(C)c2c(c(O)c1C/C=C(\C)CCC(=O)Nc1c(C)nn(C(C)C)c1C)C(=O)OC2. The van der Waals surface area contributed by atoms with Crippen LogP contribution in [0.5, 0.6) is 11.5 Å². The zero-order chi connectivity index (χ0) is 24.4. The summed E-state index contributed by atoms with van der Waals surface area (Å²) in [5.74, 6) is -0.128. The highest BCUT2D eigenvalue weighted by atomic mass is 16.5. The summed E-state index contributed by atoms with van der Waals surface area (Å²) in [6.45, 7) is 11.9. The highest BCUT2D eigenvalue weighted by molar-refractivity contribution is 5.98. The quantitative estimate of drug-likeness (QED) is 0.443. The molecule has 33 heavy (non-hydrogen) atoms. The van der Waals surface area contributed by atoms with E-state index in [2.05, 4.69) is 24.3 Å². The highest BCUT2D eigenvalue weighted by Gasteiger charge is 2.31. The lowest BCUT2D eigenvalue weighted by Crippen LogP contribution is -2.13. The minimum Gasteiger partial charge on any atom is -0.507 e.